The second kappa shape index (κ2) is 2.84. The van der Waals surface area contributed by atoms with E-state index in [0.717, 1.165) is 25.8 Å². The molecule has 1 unspecified atom stereocenters. The van der Waals surface area contributed by atoms with Gasteiger partial charge in [-0.1, -0.05) is 20.3 Å². The zero-order chi connectivity index (χ0) is 8.48. The number of nitrogens with zero attached hydrogens (tertiary/aromatic N) is 1. The molecule has 1 amide bonds. The van der Waals surface area contributed by atoms with Gasteiger partial charge in [0.2, 0.25) is 5.91 Å². The van der Waals surface area contributed by atoms with Crippen LogP contribution in [0.15, 0.2) is 0 Å². The molecule has 2 heteroatoms. The van der Waals surface area contributed by atoms with E-state index in [1.165, 1.54) is 0 Å². The van der Waals surface area contributed by atoms with Gasteiger partial charge in [-0.3, -0.25) is 4.79 Å². The van der Waals surface area contributed by atoms with Gasteiger partial charge in [0.1, 0.15) is 0 Å². The van der Waals surface area contributed by atoms with E-state index in [2.05, 4.69) is 13.8 Å². The molecule has 1 heterocycles. The van der Waals surface area contributed by atoms with Crippen LogP contribution in [0.25, 0.3) is 0 Å². The lowest BCUT2D eigenvalue weighted by molar-refractivity contribution is -0.134. The SMILES string of the molecule is CCCC1(C)CCN(C)C1=O. The Labute approximate surface area is 68.6 Å². The third-order valence-corrected chi connectivity index (χ3v) is 2.66. The van der Waals surface area contributed by atoms with Crippen LogP contribution in [0.3, 0.4) is 0 Å². The van der Waals surface area contributed by atoms with Crippen molar-refractivity contribution < 1.29 is 4.79 Å². The molecule has 0 aromatic heterocycles. The first-order valence-corrected chi connectivity index (χ1v) is 4.36. The largest absolute Gasteiger partial charge is 0.345 e. The topological polar surface area (TPSA) is 20.3 Å². The molecule has 0 aliphatic carbocycles. The van der Waals surface area contributed by atoms with Crippen LogP contribution in [0, 0.1) is 5.41 Å². The summed E-state index contributed by atoms with van der Waals surface area (Å²) in [4.78, 5) is 13.4. The van der Waals surface area contributed by atoms with Crippen LogP contribution in [0.1, 0.15) is 33.1 Å². The van der Waals surface area contributed by atoms with Crippen molar-refractivity contribution in [3.8, 4) is 0 Å². The van der Waals surface area contributed by atoms with Crippen LogP contribution >= 0.6 is 0 Å². The van der Waals surface area contributed by atoms with Crippen molar-refractivity contribution in [1.29, 1.82) is 0 Å². The molecule has 0 spiro atoms. The average Bonchev–Trinajstić information content (AvgIpc) is 2.19. The van der Waals surface area contributed by atoms with Gasteiger partial charge in [-0.2, -0.15) is 0 Å². The van der Waals surface area contributed by atoms with Crippen LogP contribution in [-0.4, -0.2) is 24.4 Å². The predicted octanol–water partition coefficient (Wildman–Crippen LogP) is 1.65. The first-order valence-electron chi connectivity index (χ1n) is 4.36. The van der Waals surface area contributed by atoms with Crippen LogP contribution in [-0.2, 0) is 4.79 Å². The number of carbonyl (C=O) groups is 1. The first-order chi connectivity index (χ1) is 5.10. The average molecular weight is 155 g/mol. The van der Waals surface area contributed by atoms with Crippen molar-refractivity contribution in [3.05, 3.63) is 0 Å². The molecule has 0 aromatic carbocycles. The monoisotopic (exact) mass is 155 g/mol. The van der Waals surface area contributed by atoms with Crippen molar-refractivity contribution >= 4 is 5.91 Å². The quantitative estimate of drug-likeness (QED) is 0.594. The fourth-order valence-corrected chi connectivity index (χ4v) is 1.87. The summed E-state index contributed by atoms with van der Waals surface area (Å²) >= 11 is 0. The molecular weight excluding hydrogens is 138 g/mol. The molecule has 11 heavy (non-hydrogen) atoms. The summed E-state index contributed by atoms with van der Waals surface area (Å²) in [5.41, 5.74) is -0.0382. The Morgan fingerprint density at radius 3 is 2.64 bits per heavy atom. The maximum absolute atomic E-state index is 11.5. The Bertz CT molecular complexity index is 163. The van der Waals surface area contributed by atoms with Crippen LogP contribution < -0.4 is 0 Å². The molecule has 0 saturated carbocycles. The lowest BCUT2D eigenvalue weighted by Gasteiger charge is -2.20. The standard InChI is InChI=1S/C9H17NO/c1-4-5-9(2)6-7-10(3)8(9)11/h4-7H2,1-3H3. The summed E-state index contributed by atoms with van der Waals surface area (Å²) in [6, 6.07) is 0. The molecule has 1 aliphatic rings. The number of hydrogen-bond donors (Lipinski definition) is 0. The van der Waals surface area contributed by atoms with Crippen molar-refractivity contribution in [2.45, 2.75) is 33.1 Å². The van der Waals surface area contributed by atoms with Gasteiger partial charge in [0.15, 0.2) is 0 Å². The van der Waals surface area contributed by atoms with Crippen LogP contribution in [0.2, 0.25) is 0 Å². The molecule has 64 valence electrons. The van der Waals surface area contributed by atoms with Crippen molar-refractivity contribution in [2.75, 3.05) is 13.6 Å². The number of carbonyl (C=O) groups excluding carboxylic acids is 1. The third kappa shape index (κ3) is 1.39. The second-order valence-electron chi connectivity index (χ2n) is 3.79. The van der Waals surface area contributed by atoms with Gasteiger partial charge in [0.25, 0.3) is 0 Å². The van der Waals surface area contributed by atoms with E-state index >= 15 is 0 Å². The van der Waals surface area contributed by atoms with Crippen LogP contribution in [0.4, 0.5) is 0 Å². The zero-order valence-corrected chi connectivity index (χ0v) is 7.68. The Morgan fingerprint density at radius 1 is 1.64 bits per heavy atom. The minimum Gasteiger partial charge on any atom is -0.345 e. The molecule has 0 radical (unpaired) electrons. The normalized spacial score (nSPS) is 31.5. The lowest BCUT2D eigenvalue weighted by Crippen LogP contribution is -2.29. The van der Waals surface area contributed by atoms with E-state index in [-0.39, 0.29) is 5.41 Å². The van der Waals surface area contributed by atoms with E-state index in [4.69, 9.17) is 0 Å². The summed E-state index contributed by atoms with van der Waals surface area (Å²) in [6.07, 6.45) is 3.18. The summed E-state index contributed by atoms with van der Waals surface area (Å²) < 4.78 is 0. The molecule has 1 atom stereocenters. The number of likely N-dealkylation sites (tertiary alicyclic amines) is 1. The molecule has 0 N–H and O–H groups in total. The summed E-state index contributed by atoms with van der Waals surface area (Å²) in [5, 5.41) is 0. The molecule has 1 aliphatic heterocycles. The van der Waals surface area contributed by atoms with Crippen molar-refractivity contribution in [1.82, 2.24) is 4.90 Å². The molecule has 0 bridgehead atoms. The van der Waals surface area contributed by atoms with E-state index < -0.39 is 0 Å². The maximum Gasteiger partial charge on any atom is 0.228 e. The predicted molar refractivity (Wildman–Crippen MR) is 45.3 cm³/mol. The Hall–Kier alpha value is -0.530. The molecule has 1 rings (SSSR count). The lowest BCUT2D eigenvalue weighted by atomic mass is 9.84. The summed E-state index contributed by atoms with van der Waals surface area (Å²) in [6.45, 7) is 5.16. The van der Waals surface area contributed by atoms with Gasteiger partial charge in [0.05, 0.1) is 0 Å². The van der Waals surface area contributed by atoms with Crippen molar-refractivity contribution in [3.63, 3.8) is 0 Å². The first kappa shape index (κ1) is 8.57. The minimum atomic E-state index is -0.0382. The third-order valence-electron chi connectivity index (χ3n) is 2.66. The van der Waals surface area contributed by atoms with Gasteiger partial charge in [-0.25, -0.2) is 0 Å². The van der Waals surface area contributed by atoms with Gasteiger partial charge in [-0.15, -0.1) is 0 Å². The van der Waals surface area contributed by atoms with E-state index in [1.54, 1.807) is 0 Å². The van der Waals surface area contributed by atoms with Crippen LogP contribution in [0.5, 0.6) is 0 Å². The highest BCUT2D eigenvalue weighted by Crippen LogP contribution is 2.34. The number of amides is 1. The van der Waals surface area contributed by atoms with Crippen molar-refractivity contribution in [2.24, 2.45) is 5.41 Å². The summed E-state index contributed by atoms with van der Waals surface area (Å²) in [7, 11) is 1.89. The fraction of sp³-hybridized carbons (Fsp3) is 0.889. The highest BCUT2D eigenvalue weighted by Gasteiger charge is 2.39. The van der Waals surface area contributed by atoms with E-state index in [9.17, 15) is 4.79 Å². The zero-order valence-electron chi connectivity index (χ0n) is 7.68. The number of rotatable bonds is 2. The highest BCUT2D eigenvalue weighted by molar-refractivity contribution is 5.84. The Balaban J connectivity index is 2.65. The van der Waals surface area contributed by atoms with Gasteiger partial charge in [-0.05, 0) is 12.8 Å². The molecule has 1 saturated heterocycles. The second-order valence-corrected chi connectivity index (χ2v) is 3.79. The highest BCUT2D eigenvalue weighted by atomic mass is 16.2. The maximum atomic E-state index is 11.5. The van der Waals surface area contributed by atoms with E-state index in [0.29, 0.717) is 5.91 Å². The molecule has 0 aromatic rings. The fourth-order valence-electron chi connectivity index (χ4n) is 1.87. The Kier molecular flexibility index (Phi) is 2.21. The summed E-state index contributed by atoms with van der Waals surface area (Å²) in [5.74, 6) is 0.333. The molecular formula is C9H17NO. The molecule has 1 fully saturated rings. The Morgan fingerprint density at radius 2 is 2.27 bits per heavy atom. The minimum absolute atomic E-state index is 0.0382. The van der Waals surface area contributed by atoms with Gasteiger partial charge < -0.3 is 4.90 Å². The van der Waals surface area contributed by atoms with Gasteiger partial charge in [0, 0.05) is 19.0 Å². The smallest absolute Gasteiger partial charge is 0.228 e. The molecule has 2 nitrogen and oxygen atoms in total. The van der Waals surface area contributed by atoms with E-state index in [1.807, 2.05) is 11.9 Å². The van der Waals surface area contributed by atoms with Gasteiger partial charge >= 0.3 is 0 Å². The number of hydrogen-bond acceptors (Lipinski definition) is 1.